The maximum absolute atomic E-state index is 12.7. The zero-order valence-electron chi connectivity index (χ0n) is 14.2. The van der Waals surface area contributed by atoms with Crippen molar-refractivity contribution in [2.45, 2.75) is 52.5 Å². The van der Waals surface area contributed by atoms with E-state index >= 15 is 0 Å². The first-order valence-corrected chi connectivity index (χ1v) is 8.48. The first-order valence-electron chi connectivity index (χ1n) is 8.48. The number of benzene rings is 1. The number of hydrogen-bond acceptors (Lipinski definition) is 2. The molecule has 2 N–H and O–H groups in total. The van der Waals surface area contributed by atoms with Crippen LogP contribution in [0.5, 0.6) is 0 Å². The average molecular weight is 317 g/mol. The van der Waals surface area contributed by atoms with Crippen molar-refractivity contribution in [2.24, 2.45) is 17.8 Å². The van der Waals surface area contributed by atoms with Crippen LogP contribution in [0.4, 0.5) is 0 Å². The van der Waals surface area contributed by atoms with Crippen molar-refractivity contribution in [3.8, 4) is 0 Å². The van der Waals surface area contributed by atoms with Crippen LogP contribution in [-0.4, -0.2) is 17.0 Å². The zero-order valence-corrected chi connectivity index (χ0v) is 14.2. The molecular weight excluding hydrogens is 290 g/mol. The molecule has 0 radical (unpaired) electrons. The Kier molecular flexibility index (Phi) is 5.80. The van der Waals surface area contributed by atoms with E-state index in [0.29, 0.717) is 12.8 Å². The molecule has 0 saturated heterocycles. The van der Waals surface area contributed by atoms with Crippen molar-refractivity contribution >= 4 is 11.9 Å². The van der Waals surface area contributed by atoms with Gasteiger partial charge in [-0.1, -0.05) is 44.5 Å². The van der Waals surface area contributed by atoms with Gasteiger partial charge in [0, 0.05) is 5.92 Å². The van der Waals surface area contributed by atoms with E-state index in [4.69, 9.17) is 0 Å². The monoisotopic (exact) mass is 317 g/mol. The fourth-order valence-corrected chi connectivity index (χ4v) is 3.46. The third-order valence-corrected chi connectivity index (χ3v) is 4.88. The minimum absolute atomic E-state index is 0.00194. The number of carboxylic acids is 1. The van der Waals surface area contributed by atoms with E-state index in [2.05, 4.69) is 38.2 Å². The van der Waals surface area contributed by atoms with Gasteiger partial charge in [0.05, 0.1) is 12.0 Å². The second kappa shape index (κ2) is 7.62. The lowest BCUT2D eigenvalue weighted by atomic mass is 9.80. The summed E-state index contributed by atoms with van der Waals surface area (Å²) >= 11 is 0. The molecule has 126 valence electrons. The Labute approximate surface area is 138 Å². The Morgan fingerprint density at radius 3 is 2.43 bits per heavy atom. The maximum Gasteiger partial charge on any atom is 0.306 e. The molecule has 1 aromatic carbocycles. The number of hydrogen-bond donors (Lipinski definition) is 2. The largest absolute Gasteiger partial charge is 0.481 e. The molecule has 1 aliphatic carbocycles. The number of carbonyl (C=O) groups is 2. The smallest absolute Gasteiger partial charge is 0.306 e. The predicted octanol–water partition coefficient (Wildman–Crippen LogP) is 3.70. The number of carboxylic acid groups (broad SMARTS) is 1. The highest BCUT2D eigenvalue weighted by Gasteiger charge is 2.32. The molecule has 1 aromatic rings. The van der Waals surface area contributed by atoms with Crippen molar-refractivity contribution in [1.82, 2.24) is 5.32 Å². The van der Waals surface area contributed by atoms with Crippen LogP contribution in [0.25, 0.3) is 0 Å². The SMILES string of the molecule is Cc1ccccc1C(NC(=O)C1CCCC(C(=O)O)C1)C(C)C. The number of nitrogens with one attached hydrogen (secondary N) is 1. The van der Waals surface area contributed by atoms with Gasteiger partial charge in [-0.05, 0) is 43.2 Å². The first kappa shape index (κ1) is 17.5. The number of rotatable bonds is 5. The van der Waals surface area contributed by atoms with Crippen molar-refractivity contribution in [2.75, 3.05) is 0 Å². The quantitative estimate of drug-likeness (QED) is 0.870. The van der Waals surface area contributed by atoms with E-state index in [-0.39, 0.29) is 29.7 Å². The summed E-state index contributed by atoms with van der Waals surface area (Å²) in [5.74, 6) is -1.07. The molecule has 3 atom stereocenters. The number of amides is 1. The molecule has 4 nitrogen and oxygen atoms in total. The first-order chi connectivity index (χ1) is 10.9. The summed E-state index contributed by atoms with van der Waals surface area (Å²) in [6.07, 6.45) is 2.74. The van der Waals surface area contributed by atoms with E-state index in [0.717, 1.165) is 18.4 Å². The second-order valence-corrected chi connectivity index (χ2v) is 6.99. The molecule has 1 aliphatic rings. The predicted molar refractivity (Wildman–Crippen MR) is 90.0 cm³/mol. The molecule has 1 saturated carbocycles. The van der Waals surface area contributed by atoms with Gasteiger partial charge >= 0.3 is 5.97 Å². The van der Waals surface area contributed by atoms with Gasteiger partial charge in [0.1, 0.15) is 0 Å². The highest BCUT2D eigenvalue weighted by Crippen LogP contribution is 2.31. The normalized spacial score (nSPS) is 22.6. The van der Waals surface area contributed by atoms with Gasteiger partial charge in [0.15, 0.2) is 0 Å². The minimum Gasteiger partial charge on any atom is -0.481 e. The molecular formula is C19H27NO3. The highest BCUT2D eigenvalue weighted by molar-refractivity contribution is 5.80. The third kappa shape index (κ3) is 4.34. The summed E-state index contributed by atoms with van der Waals surface area (Å²) in [4.78, 5) is 23.8. The van der Waals surface area contributed by atoms with Crippen LogP contribution in [0.3, 0.4) is 0 Å². The zero-order chi connectivity index (χ0) is 17.0. The van der Waals surface area contributed by atoms with Crippen LogP contribution in [0.1, 0.15) is 56.7 Å². The average Bonchev–Trinajstić information content (AvgIpc) is 2.53. The van der Waals surface area contributed by atoms with Crippen LogP contribution in [0.2, 0.25) is 0 Å². The Balaban J connectivity index is 2.10. The number of carbonyl (C=O) groups excluding carboxylic acids is 1. The summed E-state index contributed by atoms with van der Waals surface area (Å²) in [5.41, 5.74) is 2.31. The molecule has 3 unspecified atom stereocenters. The van der Waals surface area contributed by atoms with Crippen LogP contribution in [0, 0.1) is 24.7 Å². The fourth-order valence-electron chi connectivity index (χ4n) is 3.46. The van der Waals surface area contributed by atoms with Gasteiger partial charge in [-0.3, -0.25) is 9.59 Å². The lowest BCUT2D eigenvalue weighted by Gasteiger charge is -2.30. The molecule has 1 fully saturated rings. The number of aryl methyl sites for hydroxylation is 1. The van der Waals surface area contributed by atoms with Gasteiger partial charge in [0.25, 0.3) is 0 Å². The molecule has 23 heavy (non-hydrogen) atoms. The second-order valence-electron chi connectivity index (χ2n) is 6.99. The summed E-state index contributed by atoms with van der Waals surface area (Å²) in [6, 6.07) is 8.06. The van der Waals surface area contributed by atoms with Crippen LogP contribution in [-0.2, 0) is 9.59 Å². The van der Waals surface area contributed by atoms with E-state index in [1.54, 1.807) is 0 Å². The van der Waals surface area contributed by atoms with Crippen LogP contribution in [0.15, 0.2) is 24.3 Å². The highest BCUT2D eigenvalue weighted by atomic mass is 16.4. The minimum atomic E-state index is -0.776. The molecule has 0 aliphatic heterocycles. The molecule has 0 bridgehead atoms. The molecule has 0 spiro atoms. The van der Waals surface area contributed by atoms with Crippen LogP contribution < -0.4 is 5.32 Å². The maximum atomic E-state index is 12.7. The van der Waals surface area contributed by atoms with Crippen molar-refractivity contribution < 1.29 is 14.7 Å². The van der Waals surface area contributed by atoms with Gasteiger partial charge in [-0.15, -0.1) is 0 Å². The van der Waals surface area contributed by atoms with Gasteiger partial charge in [-0.2, -0.15) is 0 Å². The van der Waals surface area contributed by atoms with E-state index in [1.165, 1.54) is 5.56 Å². The summed E-state index contributed by atoms with van der Waals surface area (Å²) in [7, 11) is 0. The van der Waals surface area contributed by atoms with E-state index in [9.17, 15) is 14.7 Å². The summed E-state index contributed by atoms with van der Waals surface area (Å²) in [5, 5.41) is 12.4. The van der Waals surface area contributed by atoms with Crippen molar-refractivity contribution in [3.63, 3.8) is 0 Å². The molecule has 2 rings (SSSR count). The number of aliphatic carboxylic acids is 1. The summed E-state index contributed by atoms with van der Waals surface area (Å²) in [6.45, 7) is 6.24. The van der Waals surface area contributed by atoms with Gasteiger partial charge in [-0.25, -0.2) is 0 Å². The molecule has 4 heteroatoms. The third-order valence-electron chi connectivity index (χ3n) is 4.88. The van der Waals surface area contributed by atoms with E-state index < -0.39 is 5.97 Å². The Morgan fingerprint density at radius 2 is 1.83 bits per heavy atom. The molecule has 0 heterocycles. The lowest BCUT2D eigenvalue weighted by Crippen LogP contribution is -2.39. The molecule has 0 aromatic heterocycles. The lowest BCUT2D eigenvalue weighted by molar-refractivity contribution is -0.144. The van der Waals surface area contributed by atoms with E-state index in [1.807, 2.05) is 12.1 Å². The topological polar surface area (TPSA) is 66.4 Å². The fraction of sp³-hybridized carbons (Fsp3) is 0.579. The van der Waals surface area contributed by atoms with Crippen molar-refractivity contribution in [3.05, 3.63) is 35.4 Å². The van der Waals surface area contributed by atoms with Gasteiger partial charge in [0.2, 0.25) is 5.91 Å². The van der Waals surface area contributed by atoms with Crippen molar-refractivity contribution in [1.29, 1.82) is 0 Å². The molecule has 1 amide bonds. The van der Waals surface area contributed by atoms with Gasteiger partial charge < -0.3 is 10.4 Å². The Morgan fingerprint density at radius 1 is 1.17 bits per heavy atom. The van der Waals surface area contributed by atoms with Crippen LogP contribution >= 0.6 is 0 Å². The summed E-state index contributed by atoms with van der Waals surface area (Å²) < 4.78 is 0. The Hall–Kier alpha value is -1.84. The Bertz CT molecular complexity index is 567. The standard InChI is InChI=1S/C19H27NO3/c1-12(2)17(16-10-5-4-7-13(16)3)20-18(21)14-8-6-9-15(11-14)19(22)23/h4-5,7,10,12,14-15,17H,6,8-9,11H2,1-3H3,(H,20,21)(H,22,23).